The van der Waals surface area contributed by atoms with Crippen molar-refractivity contribution in [1.82, 2.24) is 14.2 Å². The summed E-state index contributed by atoms with van der Waals surface area (Å²) in [6.45, 7) is 4.21. The van der Waals surface area contributed by atoms with Crippen molar-refractivity contribution >= 4 is 10.0 Å². The van der Waals surface area contributed by atoms with Crippen LogP contribution in [0.15, 0.2) is 47.5 Å². The molecule has 0 saturated carbocycles. The van der Waals surface area contributed by atoms with Gasteiger partial charge in [0.1, 0.15) is 10.7 Å². The lowest BCUT2D eigenvalue weighted by molar-refractivity contribution is 0.179. The van der Waals surface area contributed by atoms with Gasteiger partial charge in [-0.2, -0.15) is 4.31 Å². The molecule has 1 aliphatic rings. The molecule has 1 fully saturated rings. The van der Waals surface area contributed by atoms with E-state index in [1.165, 1.54) is 16.4 Å². The minimum absolute atomic E-state index is 0.205. The zero-order valence-corrected chi connectivity index (χ0v) is 14.3. The molecule has 1 aromatic heterocycles. The molecule has 1 saturated heterocycles. The number of nitrogens with zero attached hydrogens (tertiary/aromatic N) is 3. The van der Waals surface area contributed by atoms with Gasteiger partial charge in [0.25, 0.3) is 0 Å². The lowest BCUT2D eigenvalue weighted by Crippen LogP contribution is -2.48. The summed E-state index contributed by atoms with van der Waals surface area (Å²) in [6, 6.07) is 10.1. The van der Waals surface area contributed by atoms with E-state index in [1.54, 1.807) is 19.2 Å². The number of benzene rings is 1. The molecule has 2 heterocycles. The molecule has 7 heteroatoms. The summed E-state index contributed by atoms with van der Waals surface area (Å²) in [5, 5.41) is 0. The molecule has 24 heavy (non-hydrogen) atoms. The highest BCUT2D eigenvalue weighted by atomic mass is 32.2. The van der Waals surface area contributed by atoms with E-state index in [0.29, 0.717) is 38.3 Å². The zero-order valence-electron chi connectivity index (χ0n) is 13.5. The van der Waals surface area contributed by atoms with E-state index in [9.17, 15) is 12.8 Å². The van der Waals surface area contributed by atoms with Gasteiger partial charge >= 0.3 is 0 Å². The molecule has 0 radical (unpaired) electrons. The topological polar surface area (TPSA) is 53.5 Å². The van der Waals surface area contributed by atoms with Crippen LogP contribution in [0, 0.1) is 12.7 Å². The minimum Gasteiger partial charge on any atom is -0.295 e. The van der Waals surface area contributed by atoms with Crippen molar-refractivity contribution < 1.29 is 12.8 Å². The van der Waals surface area contributed by atoms with Gasteiger partial charge in [0, 0.05) is 38.9 Å². The van der Waals surface area contributed by atoms with E-state index in [4.69, 9.17) is 0 Å². The van der Waals surface area contributed by atoms with Gasteiger partial charge in [-0.15, -0.1) is 0 Å². The smallest absolute Gasteiger partial charge is 0.246 e. The fourth-order valence-electron chi connectivity index (χ4n) is 2.92. The maximum Gasteiger partial charge on any atom is 0.246 e. The van der Waals surface area contributed by atoms with Gasteiger partial charge in [0.15, 0.2) is 0 Å². The number of rotatable bonds is 4. The first-order chi connectivity index (χ1) is 11.5. The van der Waals surface area contributed by atoms with E-state index in [-0.39, 0.29) is 4.90 Å². The average Bonchev–Trinajstić information content (AvgIpc) is 2.56. The van der Waals surface area contributed by atoms with Crippen LogP contribution in [0.1, 0.15) is 11.3 Å². The van der Waals surface area contributed by atoms with E-state index < -0.39 is 15.8 Å². The average molecular weight is 349 g/mol. The molecule has 1 aliphatic heterocycles. The highest BCUT2D eigenvalue weighted by Crippen LogP contribution is 2.24. The van der Waals surface area contributed by atoms with Gasteiger partial charge < -0.3 is 0 Å². The van der Waals surface area contributed by atoms with Gasteiger partial charge in [-0.25, -0.2) is 12.8 Å². The van der Waals surface area contributed by atoms with Crippen molar-refractivity contribution in [2.75, 3.05) is 26.2 Å². The summed E-state index contributed by atoms with van der Waals surface area (Å²) in [6.07, 6.45) is 1.75. The largest absolute Gasteiger partial charge is 0.295 e. The Morgan fingerprint density at radius 1 is 1.08 bits per heavy atom. The third-order valence-electron chi connectivity index (χ3n) is 4.20. The van der Waals surface area contributed by atoms with Crippen LogP contribution in [-0.4, -0.2) is 48.8 Å². The Labute approximate surface area is 141 Å². The van der Waals surface area contributed by atoms with Gasteiger partial charge in [-0.3, -0.25) is 9.88 Å². The van der Waals surface area contributed by atoms with Crippen molar-refractivity contribution in [2.24, 2.45) is 0 Å². The zero-order chi connectivity index (χ0) is 17.2. The lowest BCUT2D eigenvalue weighted by Gasteiger charge is -2.34. The van der Waals surface area contributed by atoms with E-state index in [2.05, 4.69) is 9.88 Å². The number of hydrogen-bond acceptors (Lipinski definition) is 4. The molecule has 3 rings (SSSR count). The minimum atomic E-state index is -3.80. The quantitative estimate of drug-likeness (QED) is 0.848. The van der Waals surface area contributed by atoms with Gasteiger partial charge in [-0.1, -0.05) is 18.2 Å². The second-order valence-electron chi connectivity index (χ2n) is 5.89. The first kappa shape index (κ1) is 17.0. The Hall–Kier alpha value is -1.83. The molecule has 0 unspecified atom stereocenters. The summed E-state index contributed by atoms with van der Waals surface area (Å²) in [4.78, 5) is 6.24. The number of sulfonamides is 1. The Balaban J connectivity index is 1.70. The van der Waals surface area contributed by atoms with Crippen LogP contribution >= 0.6 is 0 Å². The van der Waals surface area contributed by atoms with Crippen LogP contribution < -0.4 is 0 Å². The Kier molecular flexibility index (Phi) is 4.93. The molecule has 1 aromatic carbocycles. The molecular weight excluding hydrogens is 329 g/mol. The normalized spacial score (nSPS) is 17.1. The predicted octanol–water partition coefficient (Wildman–Crippen LogP) is 2.04. The van der Waals surface area contributed by atoms with E-state index >= 15 is 0 Å². The fraction of sp³-hybridized carbons (Fsp3) is 0.353. The van der Waals surface area contributed by atoms with Crippen molar-refractivity contribution in [2.45, 2.75) is 18.4 Å². The van der Waals surface area contributed by atoms with Crippen molar-refractivity contribution in [3.63, 3.8) is 0 Å². The third-order valence-corrected chi connectivity index (χ3v) is 6.28. The van der Waals surface area contributed by atoms with Crippen molar-refractivity contribution in [3.05, 3.63) is 59.7 Å². The molecule has 0 N–H and O–H groups in total. The Morgan fingerprint density at radius 3 is 2.46 bits per heavy atom. The summed E-state index contributed by atoms with van der Waals surface area (Å²) < 4.78 is 40.9. The molecule has 128 valence electrons. The first-order valence-corrected chi connectivity index (χ1v) is 9.30. The van der Waals surface area contributed by atoms with Crippen molar-refractivity contribution in [1.29, 1.82) is 0 Å². The maximum absolute atomic E-state index is 14.0. The predicted molar refractivity (Wildman–Crippen MR) is 89.4 cm³/mol. The van der Waals surface area contributed by atoms with Crippen LogP contribution in [0.2, 0.25) is 0 Å². The summed E-state index contributed by atoms with van der Waals surface area (Å²) in [5.41, 5.74) is 1.39. The number of aromatic nitrogens is 1. The summed E-state index contributed by atoms with van der Waals surface area (Å²) in [7, 11) is -3.80. The van der Waals surface area contributed by atoms with Gasteiger partial charge in [0.2, 0.25) is 10.0 Å². The maximum atomic E-state index is 14.0. The monoisotopic (exact) mass is 349 g/mol. The highest BCUT2D eigenvalue weighted by molar-refractivity contribution is 7.89. The molecular formula is C17H20FN3O2S. The molecule has 2 aromatic rings. The molecule has 5 nitrogen and oxygen atoms in total. The van der Waals surface area contributed by atoms with Crippen LogP contribution in [0.25, 0.3) is 0 Å². The fourth-order valence-corrected chi connectivity index (χ4v) is 4.61. The SMILES string of the molecule is Cc1cccc(F)c1S(=O)(=O)N1CCN(Cc2ccccn2)CC1. The number of halogens is 1. The van der Waals surface area contributed by atoms with Gasteiger partial charge in [-0.05, 0) is 30.7 Å². The second-order valence-corrected chi connectivity index (χ2v) is 7.76. The highest BCUT2D eigenvalue weighted by Gasteiger charge is 2.31. The number of hydrogen-bond donors (Lipinski definition) is 0. The first-order valence-electron chi connectivity index (χ1n) is 7.86. The number of piperazine rings is 1. The molecule has 0 atom stereocenters. The molecule has 0 spiro atoms. The summed E-state index contributed by atoms with van der Waals surface area (Å²) >= 11 is 0. The Bertz CT molecular complexity index is 784. The van der Waals surface area contributed by atoms with Crippen LogP contribution in [0.3, 0.4) is 0 Å². The molecule has 0 bridgehead atoms. The van der Waals surface area contributed by atoms with Crippen LogP contribution in [0.4, 0.5) is 4.39 Å². The van der Waals surface area contributed by atoms with Crippen LogP contribution in [-0.2, 0) is 16.6 Å². The molecule has 0 amide bonds. The lowest BCUT2D eigenvalue weighted by atomic mass is 10.2. The molecule has 0 aliphatic carbocycles. The summed E-state index contributed by atoms with van der Waals surface area (Å²) in [5.74, 6) is -0.689. The Morgan fingerprint density at radius 2 is 1.83 bits per heavy atom. The van der Waals surface area contributed by atoms with Crippen LogP contribution in [0.5, 0.6) is 0 Å². The van der Waals surface area contributed by atoms with E-state index in [1.807, 2.05) is 18.2 Å². The van der Waals surface area contributed by atoms with E-state index in [0.717, 1.165) is 5.69 Å². The third kappa shape index (κ3) is 3.48. The second kappa shape index (κ2) is 6.96. The number of aryl methyl sites for hydroxylation is 1. The standard InChI is InChI=1S/C17H20FN3O2S/c1-14-5-4-7-16(18)17(14)24(22,23)21-11-9-20(10-12-21)13-15-6-2-3-8-19-15/h2-8H,9-13H2,1H3. The van der Waals surface area contributed by atoms with Gasteiger partial charge in [0.05, 0.1) is 5.69 Å². The van der Waals surface area contributed by atoms with Crippen molar-refractivity contribution in [3.8, 4) is 0 Å². The number of pyridine rings is 1.